The van der Waals surface area contributed by atoms with Gasteiger partial charge in [0.1, 0.15) is 0 Å². The lowest BCUT2D eigenvalue weighted by molar-refractivity contribution is 0.204. The number of rotatable bonds is 3. The molecule has 0 spiro atoms. The predicted octanol–water partition coefficient (Wildman–Crippen LogP) is 2.00. The van der Waals surface area contributed by atoms with Crippen molar-refractivity contribution >= 4 is 0 Å². The first-order chi connectivity index (χ1) is 6.86. The van der Waals surface area contributed by atoms with Gasteiger partial charge in [-0.15, -0.1) is 0 Å². The van der Waals surface area contributed by atoms with Gasteiger partial charge in [0.25, 0.3) is 0 Å². The van der Waals surface area contributed by atoms with Crippen LogP contribution in [0.2, 0.25) is 0 Å². The first kappa shape index (κ1) is 10.4. The third kappa shape index (κ3) is 2.71. The number of hydrogen-bond donors (Lipinski definition) is 1. The van der Waals surface area contributed by atoms with Crippen LogP contribution < -0.4 is 5.32 Å². The fraction of sp³-hybridized carbons (Fsp3) is 1.00. The Morgan fingerprint density at radius 1 is 1.07 bits per heavy atom. The Labute approximate surface area is 88.1 Å². The Balaban J connectivity index is 1.72. The lowest BCUT2D eigenvalue weighted by Gasteiger charge is -2.31. The molecule has 82 valence electrons. The van der Waals surface area contributed by atoms with Crippen LogP contribution in [0.4, 0.5) is 0 Å². The van der Waals surface area contributed by atoms with Gasteiger partial charge in [-0.05, 0) is 39.3 Å². The molecule has 1 atom stereocenters. The van der Waals surface area contributed by atoms with Gasteiger partial charge < -0.3 is 10.2 Å². The molecule has 1 saturated carbocycles. The third-order valence-corrected chi connectivity index (χ3v) is 3.87. The van der Waals surface area contributed by atoms with E-state index in [9.17, 15) is 0 Å². The number of piperidine rings is 1. The summed E-state index contributed by atoms with van der Waals surface area (Å²) in [6.45, 7) is 2.51. The fourth-order valence-electron chi connectivity index (χ4n) is 2.92. The van der Waals surface area contributed by atoms with Crippen LogP contribution in [0, 0.1) is 0 Å². The van der Waals surface area contributed by atoms with Crippen molar-refractivity contribution in [1.82, 2.24) is 10.2 Å². The molecule has 1 aliphatic heterocycles. The topological polar surface area (TPSA) is 15.3 Å². The minimum atomic E-state index is 0.773. The highest BCUT2D eigenvalue weighted by Crippen LogP contribution is 2.23. The molecule has 1 unspecified atom stereocenters. The molecule has 2 aliphatic rings. The molecule has 2 fully saturated rings. The molecule has 0 radical (unpaired) electrons. The zero-order valence-corrected chi connectivity index (χ0v) is 9.47. The second-order valence-electron chi connectivity index (χ2n) is 5.02. The van der Waals surface area contributed by atoms with Gasteiger partial charge in [-0.25, -0.2) is 0 Å². The summed E-state index contributed by atoms with van der Waals surface area (Å²) < 4.78 is 0. The first-order valence-corrected chi connectivity index (χ1v) is 6.30. The van der Waals surface area contributed by atoms with E-state index in [1.165, 1.54) is 58.0 Å². The van der Waals surface area contributed by atoms with Crippen LogP contribution >= 0.6 is 0 Å². The lowest BCUT2D eigenvalue weighted by Crippen LogP contribution is -2.45. The molecule has 2 nitrogen and oxygen atoms in total. The van der Waals surface area contributed by atoms with Crippen LogP contribution in [-0.4, -0.2) is 37.1 Å². The smallest absolute Gasteiger partial charge is 0.0195 e. The minimum Gasteiger partial charge on any atom is -0.313 e. The Kier molecular flexibility index (Phi) is 3.82. The van der Waals surface area contributed by atoms with E-state index in [0.717, 1.165) is 12.1 Å². The van der Waals surface area contributed by atoms with Crippen LogP contribution in [0.15, 0.2) is 0 Å². The number of hydrogen-bond acceptors (Lipinski definition) is 2. The Morgan fingerprint density at radius 3 is 2.43 bits per heavy atom. The highest BCUT2D eigenvalue weighted by atomic mass is 15.2. The van der Waals surface area contributed by atoms with E-state index in [2.05, 4.69) is 17.3 Å². The molecule has 1 heterocycles. The van der Waals surface area contributed by atoms with Crippen molar-refractivity contribution in [3.63, 3.8) is 0 Å². The fourth-order valence-corrected chi connectivity index (χ4v) is 2.92. The summed E-state index contributed by atoms with van der Waals surface area (Å²) in [5.41, 5.74) is 0. The van der Waals surface area contributed by atoms with Gasteiger partial charge in [0, 0.05) is 18.6 Å². The highest BCUT2D eigenvalue weighted by molar-refractivity contribution is 4.80. The molecule has 14 heavy (non-hydrogen) atoms. The second kappa shape index (κ2) is 5.13. The SMILES string of the molecule is CN(CC1CCCCN1)C1CCCC1. The van der Waals surface area contributed by atoms with Crippen LogP contribution in [0.1, 0.15) is 44.9 Å². The van der Waals surface area contributed by atoms with Crippen molar-refractivity contribution in [3.8, 4) is 0 Å². The third-order valence-electron chi connectivity index (χ3n) is 3.87. The van der Waals surface area contributed by atoms with Gasteiger partial charge in [0.15, 0.2) is 0 Å². The zero-order valence-electron chi connectivity index (χ0n) is 9.47. The van der Waals surface area contributed by atoms with Crippen molar-refractivity contribution in [3.05, 3.63) is 0 Å². The predicted molar refractivity (Wildman–Crippen MR) is 60.5 cm³/mol. The summed E-state index contributed by atoms with van der Waals surface area (Å²) in [6, 6.07) is 1.66. The van der Waals surface area contributed by atoms with E-state index in [-0.39, 0.29) is 0 Å². The van der Waals surface area contributed by atoms with E-state index >= 15 is 0 Å². The standard InChI is InChI=1S/C12H24N2/c1-14(12-7-2-3-8-12)10-11-6-4-5-9-13-11/h11-13H,2-10H2,1H3. The van der Waals surface area contributed by atoms with Gasteiger partial charge >= 0.3 is 0 Å². The number of nitrogens with one attached hydrogen (secondary N) is 1. The molecule has 1 saturated heterocycles. The molecule has 1 N–H and O–H groups in total. The molecule has 0 bridgehead atoms. The lowest BCUT2D eigenvalue weighted by atomic mass is 10.0. The van der Waals surface area contributed by atoms with Crippen molar-refractivity contribution in [2.75, 3.05) is 20.1 Å². The minimum absolute atomic E-state index is 0.773. The normalized spacial score (nSPS) is 30.0. The zero-order chi connectivity index (χ0) is 9.80. The monoisotopic (exact) mass is 196 g/mol. The summed E-state index contributed by atoms with van der Waals surface area (Å²) in [4.78, 5) is 2.59. The average molecular weight is 196 g/mol. The Morgan fingerprint density at radius 2 is 1.79 bits per heavy atom. The highest BCUT2D eigenvalue weighted by Gasteiger charge is 2.22. The molecule has 0 aromatic heterocycles. The van der Waals surface area contributed by atoms with Gasteiger partial charge in [-0.2, -0.15) is 0 Å². The van der Waals surface area contributed by atoms with E-state index in [0.29, 0.717) is 0 Å². The van der Waals surface area contributed by atoms with E-state index in [1.807, 2.05) is 0 Å². The van der Waals surface area contributed by atoms with Crippen LogP contribution in [0.25, 0.3) is 0 Å². The molecule has 0 aromatic carbocycles. The van der Waals surface area contributed by atoms with Gasteiger partial charge in [-0.1, -0.05) is 19.3 Å². The molecule has 0 amide bonds. The van der Waals surface area contributed by atoms with Crippen LogP contribution in [0.5, 0.6) is 0 Å². The maximum Gasteiger partial charge on any atom is 0.0195 e. The van der Waals surface area contributed by atoms with Gasteiger partial charge in [0.2, 0.25) is 0 Å². The van der Waals surface area contributed by atoms with Crippen molar-refractivity contribution < 1.29 is 0 Å². The van der Waals surface area contributed by atoms with Crippen molar-refractivity contribution in [1.29, 1.82) is 0 Å². The molecule has 2 rings (SSSR count). The van der Waals surface area contributed by atoms with Crippen molar-refractivity contribution in [2.24, 2.45) is 0 Å². The second-order valence-corrected chi connectivity index (χ2v) is 5.02. The molecule has 1 aliphatic carbocycles. The van der Waals surface area contributed by atoms with E-state index in [4.69, 9.17) is 0 Å². The molecular weight excluding hydrogens is 172 g/mol. The summed E-state index contributed by atoms with van der Waals surface area (Å²) in [7, 11) is 2.31. The van der Waals surface area contributed by atoms with Crippen molar-refractivity contribution in [2.45, 2.75) is 57.0 Å². The Bertz CT molecular complexity index is 158. The van der Waals surface area contributed by atoms with E-state index in [1.54, 1.807) is 0 Å². The molecule has 2 heteroatoms. The molecular formula is C12H24N2. The summed E-state index contributed by atoms with van der Waals surface area (Å²) in [5, 5.41) is 3.63. The quantitative estimate of drug-likeness (QED) is 0.743. The largest absolute Gasteiger partial charge is 0.313 e. The first-order valence-electron chi connectivity index (χ1n) is 6.30. The van der Waals surface area contributed by atoms with Crippen LogP contribution in [-0.2, 0) is 0 Å². The Hall–Kier alpha value is -0.0800. The summed E-state index contributed by atoms with van der Waals surface area (Å²) in [5.74, 6) is 0. The van der Waals surface area contributed by atoms with E-state index < -0.39 is 0 Å². The number of likely N-dealkylation sites (N-methyl/N-ethyl adjacent to an activating group) is 1. The van der Waals surface area contributed by atoms with Crippen LogP contribution in [0.3, 0.4) is 0 Å². The summed E-state index contributed by atoms with van der Waals surface area (Å²) in [6.07, 6.45) is 9.96. The van der Waals surface area contributed by atoms with Gasteiger partial charge in [0.05, 0.1) is 0 Å². The maximum atomic E-state index is 3.63. The average Bonchev–Trinajstić information content (AvgIpc) is 2.72. The maximum absolute atomic E-state index is 3.63. The summed E-state index contributed by atoms with van der Waals surface area (Å²) >= 11 is 0. The van der Waals surface area contributed by atoms with Gasteiger partial charge in [-0.3, -0.25) is 0 Å². The molecule has 0 aromatic rings. The number of nitrogens with zero attached hydrogens (tertiary/aromatic N) is 1.